The zero-order valence-electron chi connectivity index (χ0n) is 17.2. The number of carbonyl (C=O) groups excluding carboxylic acids is 1. The number of likely N-dealkylation sites (N-methyl/N-ethyl adjacent to an activating group) is 1. The van der Waals surface area contributed by atoms with Crippen LogP contribution < -0.4 is 18.5 Å². The van der Waals surface area contributed by atoms with E-state index in [1.807, 2.05) is 6.92 Å². The molecule has 0 fully saturated rings. The van der Waals surface area contributed by atoms with Gasteiger partial charge in [-0.15, -0.1) is 0 Å². The Morgan fingerprint density at radius 1 is 0.966 bits per heavy atom. The highest BCUT2D eigenvalue weighted by atomic mass is 32.2. The molecule has 0 radical (unpaired) electrons. The molecule has 0 bridgehead atoms. The molecule has 0 aliphatic heterocycles. The molecule has 0 heterocycles. The van der Waals surface area contributed by atoms with Crippen LogP contribution in [0.1, 0.15) is 6.92 Å². The normalized spacial score (nSPS) is 10.9. The van der Waals surface area contributed by atoms with Gasteiger partial charge in [0.1, 0.15) is 12.3 Å². The van der Waals surface area contributed by atoms with Crippen molar-refractivity contribution in [2.45, 2.75) is 11.8 Å². The van der Waals surface area contributed by atoms with Crippen molar-refractivity contribution in [2.24, 2.45) is 0 Å². The molecule has 2 aromatic carbocycles. The van der Waals surface area contributed by atoms with Gasteiger partial charge in [0, 0.05) is 20.2 Å². The van der Waals surface area contributed by atoms with Crippen LogP contribution in [0.4, 0.5) is 5.69 Å². The highest BCUT2D eigenvalue weighted by Crippen LogP contribution is 2.32. The first-order valence-corrected chi connectivity index (χ1v) is 10.4. The Kier molecular flexibility index (Phi) is 7.33. The van der Waals surface area contributed by atoms with Gasteiger partial charge in [0.15, 0.2) is 11.5 Å². The molecule has 1 amide bonds. The Labute approximate surface area is 171 Å². The van der Waals surface area contributed by atoms with Gasteiger partial charge in [-0.3, -0.25) is 9.10 Å². The molecule has 9 heteroatoms. The Morgan fingerprint density at radius 3 is 2.10 bits per heavy atom. The first kappa shape index (κ1) is 22.4. The first-order valence-electron chi connectivity index (χ1n) is 8.92. The van der Waals surface area contributed by atoms with Crippen molar-refractivity contribution in [1.29, 1.82) is 0 Å². The number of benzene rings is 2. The number of methoxy groups -OCH3 is 2. The molecule has 158 valence electrons. The predicted molar refractivity (Wildman–Crippen MR) is 110 cm³/mol. The van der Waals surface area contributed by atoms with Crippen LogP contribution in [0.2, 0.25) is 0 Å². The Morgan fingerprint density at radius 2 is 1.59 bits per heavy atom. The number of ether oxygens (including phenoxy) is 3. The van der Waals surface area contributed by atoms with E-state index in [4.69, 9.17) is 14.2 Å². The van der Waals surface area contributed by atoms with E-state index in [-0.39, 0.29) is 23.1 Å². The summed E-state index contributed by atoms with van der Waals surface area (Å²) in [6, 6.07) is 10.8. The second-order valence-electron chi connectivity index (χ2n) is 6.24. The largest absolute Gasteiger partial charge is 0.494 e. The quantitative estimate of drug-likeness (QED) is 0.617. The molecule has 0 aliphatic rings. The summed E-state index contributed by atoms with van der Waals surface area (Å²) in [5.74, 6) is 0.934. The van der Waals surface area contributed by atoms with Gasteiger partial charge in [0.05, 0.1) is 31.4 Å². The van der Waals surface area contributed by atoms with Gasteiger partial charge in [-0.25, -0.2) is 8.42 Å². The van der Waals surface area contributed by atoms with Gasteiger partial charge in [0.25, 0.3) is 10.0 Å². The van der Waals surface area contributed by atoms with Crippen LogP contribution in [0.5, 0.6) is 17.2 Å². The smallest absolute Gasteiger partial charge is 0.264 e. The van der Waals surface area contributed by atoms with E-state index in [9.17, 15) is 13.2 Å². The fourth-order valence-electron chi connectivity index (χ4n) is 2.56. The van der Waals surface area contributed by atoms with Crippen molar-refractivity contribution in [1.82, 2.24) is 4.90 Å². The molecule has 0 aromatic heterocycles. The van der Waals surface area contributed by atoms with Crippen LogP contribution in [0.25, 0.3) is 0 Å². The lowest BCUT2D eigenvalue weighted by molar-refractivity contribution is -0.127. The summed E-state index contributed by atoms with van der Waals surface area (Å²) in [7, 11) is 1.98. The van der Waals surface area contributed by atoms with E-state index in [1.165, 1.54) is 37.3 Å². The summed E-state index contributed by atoms with van der Waals surface area (Å²) in [6.07, 6.45) is 0. The lowest BCUT2D eigenvalue weighted by atomic mass is 10.3. The van der Waals surface area contributed by atoms with Crippen LogP contribution in [0.15, 0.2) is 47.4 Å². The molecule has 0 unspecified atom stereocenters. The average Bonchev–Trinajstić information content (AvgIpc) is 2.71. The van der Waals surface area contributed by atoms with E-state index in [2.05, 4.69) is 0 Å². The fourth-order valence-corrected chi connectivity index (χ4v) is 3.99. The van der Waals surface area contributed by atoms with E-state index in [0.29, 0.717) is 23.8 Å². The highest BCUT2D eigenvalue weighted by molar-refractivity contribution is 7.92. The van der Waals surface area contributed by atoms with Crippen LogP contribution in [-0.2, 0) is 14.8 Å². The SMILES string of the molecule is CCOc1ccc(N(CC(=O)N(C)C)S(=O)(=O)c2ccc(OC)c(OC)c2)cc1. The maximum atomic E-state index is 13.4. The second kappa shape index (κ2) is 9.51. The predicted octanol–water partition coefficient (Wildman–Crippen LogP) is 2.39. The monoisotopic (exact) mass is 422 g/mol. The van der Waals surface area contributed by atoms with Gasteiger partial charge in [-0.2, -0.15) is 0 Å². The van der Waals surface area contributed by atoms with Crippen molar-refractivity contribution >= 4 is 21.6 Å². The maximum Gasteiger partial charge on any atom is 0.264 e. The highest BCUT2D eigenvalue weighted by Gasteiger charge is 2.29. The number of amides is 1. The minimum absolute atomic E-state index is 0.0180. The van der Waals surface area contributed by atoms with Crippen molar-refractivity contribution < 1.29 is 27.4 Å². The van der Waals surface area contributed by atoms with Gasteiger partial charge < -0.3 is 19.1 Å². The van der Waals surface area contributed by atoms with E-state index < -0.39 is 10.0 Å². The van der Waals surface area contributed by atoms with Crippen molar-refractivity contribution in [2.75, 3.05) is 45.8 Å². The first-order chi connectivity index (χ1) is 13.7. The number of nitrogens with zero attached hydrogens (tertiary/aromatic N) is 2. The van der Waals surface area contributed by atoms with Crippen molar-refractivity contribution in [3.05, 3.63) is 42.5 Å². The molecule has 0 atom stereocenters. The minimum atomic E-state index is -4.06. The Hall–Kier alpha value is -2.94. The van der Waals surface area contributed by atoms with Crippen LogP contribution in [-0.4, -0.2) is 60.7 Å². The van der Waals surface area contributed by atoms with E-state index in [1.54, 1.807) is 38.4 Å². The summed E-state index contributed by atoms with van der Waals surface area (Å²) >= 11 is 0. The molecule has 8 nitrogen and oxygen atoms in total. The van der Waals surface area contributed by atoms with Crippen molar-refractivity contribution in [3.8, 4) is 17.2 Å². The standard InChI is InChI=1S/C20H26N2O6S/c1-6-28-16-9-7-15(8-10-16)22(14-20(23)21(2)3)29(24,25)17-11-12-18(26-4)19(13-17)27-5/h7-13H,6,14H2,1-5H3. The summed E-state index contributed by atoms with van der Waals surface area (Å²) in [6.45, 7) is 2.00. The number of anilines is 1. The average molecular weight is 423 g/mol. The fraction of sp³-hybridized carbons (Fsp3) is 0.350. The van der Waals surface area contributed by atoms with Crippen LogP contribution in [0.3, 0.4) is 0 Å². The van der Waals surface area contributed by atoms with Crippen LogP contribution in [0, 0.1) is 0 Å². The molecule has 0 saturated heterocycles. The summed E-state index contributed by atoms with van der Waals surface area (Å²) in [5.41, 5.74) is 0.346. The summed E-state index contributed by atoms with van der Waals surface area (Å²) in [4.78, 5) is 13.7. The number of hydrogen-bond donors (Lipinski definition) is 0. The third-order valence-corrected chi connectivity index (χ3v) is 5.93. The molecule has 2 rings (SSSR count). The molecule has 2 aromatic rings. The third-order valence-electron chi connectivity index (χ3n) is 4.16. The van der Waals surface area contributed by atoms with Crippen molar-refractivity contribution in [3.63, 3.8) is 0 Å². The number of hydrogen-bond acceptors (Lipinski definition) is 6. The lowest BCUT2D eigenvalue weighted by Gasteiger charge is -2.26. The van der Waals surface area contributed by atoms with Crippen LogP contribution >= 0.6 is 0 Å². The number of carbonyl (C=O) groups is 1. The minimum Gasteiger partial charge on any atom is -0.494 e. The third kappa shape index (κ3) is 5.11. The van der Waals surface area contributed by atoms with E-state index in [0.717, 1.165) is 4.31 Å². The Balaban J connectivity index is 2.52. The van der Waals surface area contributed by atoms with Gasteiger partial charge in [-0.1, -0.05) is 0 Å². The molecule has 0 saturated carbocycles. The molecule has 0 aliphatic carbocycles. The van der Waals surface area contributed by atoms with Gasteiger partial charge in [-0.05, 0) is 43.3 Å². The summed E-state index contributed by atoms with van der Waals surface area (Å²) < 4.78 is 43.7. The number of sulfonamides is 1. The molecule has 29 heavy (non-hydrogen) atoms. The molecule has 0 N–H and O–H groups in total. The molecular weight excluding hydrogens is 396 g/mol. The van der Waals surface area contributed by atoms with Gasteiger partial charge >= 0.3 is 0 Å². The summed E-state index contributed by atoms with van der Waals surface area (Å²) in [5, 5.41) is 0. The number of rotatable bonds is 9. The zero-order chi connectivity index (χ0) is 21.6. The zero-order valence-corrected chi connectivity index (χ0v) is 18.0. The topological polar surface area (TPSA) is 85.4 Å². The van der Waals surface area contributed by atoms with Gasteiger partial charge in [0.2, 0.25) is 5.91 Å². The maximum absolute atomic E-state index is 13.4. The second-order valence-corrected chi connectivity index (χ2v) is 8.11. The molecule has 0 spiro atoms. The molecular formula is C20H26N2O6S. The van der Waals surface area contributed by atoms with E-state index >= 15 is 0 Å². The Bertz CT molecular complexity index is 942. The lowest BCUT2D eigenvalue weighted by Crippen LogP contribution is -2.40.